The van der Waals surface area contributed by atoms with Gasteiger partial charge in [-0.2, -0.15) is 13.2 Å². The Kier molecular flexibility index (Phi) is 5.28. The third-order valence-electron chi connectivity index (χ3n) is 2.34. The maximum atomic E-state index is 11.9. The molecule has 1 nitrogen and oxygen atoms in total. The zero-order chi connectivity index (χ0) is 12.9. The second-order valence-electron chi connectivity index (χ2n) is 3.99. The second kappa shape index (κ2) is 6.26. The molecule has 96 valence electrons. The fourth-order valence-electron chi connectivity index (χ4n) is 1.43. The average molecular weight is 266 g/mol. The van der Waals surface area contributed by atoms with E-state index in [2.05, 4.69) is 5.32 Å². The molecular formula is C12H15ClF3N. The maximum Gasteiger partial charge on any atom is 0.389 e. The molecule has 1 aromatic carbocycles. The first-order chi connectivity index (χ1) is 7.88. The lowest BCUT2D eigenvalue weighted by atomic mass is 10.1. The van der Waals surface area contributed by atoms with Crippen LogP contribution in [0.15, 0.2) is 18.2 Å². The molecule has 0 aromatic heterocycles. The van der Waals surface area contributed by atoms with Crippen molar-refractivity contribution in [1.82, 2.24) is 5.32 Å². The molecule has 0 fully saturated rings. The molecule has 0 spiro atoms. The molecule has 1 rings (SSSR count). The zero-order valence-electron chi connectivity index (χ0n) is 9.57. The monoisotopic (exact) mass is 265 g/mol. The van der Waals surface area contributed by atoms with E-state index < -0.39 is 12.6 Å². The Morgan fingerprint density at radius 1 is 1.29 bits per heavy atom. The van der Waals surface area contributed by atoms with Crippen molar-refractivity contribution in [3.05, 3.63) is 34.3 Å². The van der Waals surface area contributed by atoms with Crippen LogP contribution in [-0.2, 0) is 6.54 Å². The van der Waals surface area contributed by atoms with Crippen LogP contribution in [0.1, 0.15) is 24.0 Å². The minimum atomic E-state index is -4.07. The van der Waals surface area contributed by atoms with E-state index in [4.69, 9.17) is 11.6 Å². The third kappa shape index (κ3) is 5.94. The Balaban J connectivity index is 2.27. The lowest BCUT2D eigenvalue weighted by Crippen LogP contribution is -2.17. The molecular weight excluding hydrogens is 251 g/mol. The fraction of sp³-hybridized carbons (Fsp3) is 0.500. The molecule has 0 radical (unpaired) electrons. The van der Waals surface area contributed by atoms with Gasteiger partial charge in [0.1, 0.15) is 0 Å². The van der Waals surface area contributed by atoms with E-state index in [0.29, 0.717) is 18.1 Å². The van der Waals surface area contributed by atoms with Gasteiger partial charge in [0, 0.05) is 18.0 Å². The van der Waals surface area contributed by atoms with E-state index in [1.165, 1.54) is 0 Å². The van der Waals surface area contributed by atoms with Crippen LogP contribution in [0.25, 0.3) is 0 Å². The van der Waals surface area contributed by atoms with E-state index >= 15 is 0 Å². The third-order valence-corrected chi connectivity index (χ3v) is 2.69. The van der Waals surface area contributed by atoms with Crippen LogP contribution in [0.4, 0.5) is 13.2 Å². The van der Waals surface area contributed by atoms with Crippen molar-refractivity contribution in [3.63, 3.8) is 0 Å². The smallest absolute Gasteiger partial charge is 0.313 e. The van der Waals surface area contributed by atoms with Crippen LogP contribution in [0.2, 0.25) is 5.02 Å². The summed E-state index contributed by atoms with van der Waals surface area (Å²) in [6.07, 6.45) is -4.72. The molecule has 0 atom stereocenters. The molecule has 1 aromatic rings. The van der Waals surface area contributed by atoms with Crippen molar-refractivity contribution < 1.29 is 13.2 Å². The van der Waals surface area contributed by atoms with Crippen LogP contribution in [0, 0.1) is 6.92 Å². The molecule has 17 heavy (non-hydrogen) atoms. The van der Waals surface area contributed by atoms with Crippen LogP contribution >= 0.6 is 11.6 Å². The Morgan fingerprint density at radius 3 is 2.59 bits per heavy atom. The van der Waals surface area contributed by atoms with Crippen molar-refractivity contribution in [3.8, 4) is 0 Å². The van der Waals surface area contributed by atoms with Crippen molar-refractivity contribution in [2.75, 3.05) is 6.54 Å². The first kappa shape index (κ1) is 14.3. The maximum absolute atomic E-state index is 11.9. The Bertz CT molecular complexity index is 363. The summed E-state index contributed by atoms with van der Waals surface area (Å²) in [6.45, 7) is 2.77. The Morgan fingerprint density at radius 2 is 2.00 bits per heavy atom. The van der Waals surface area contributed by atoms with Crippen LogP contribution < -0.4 is 5.32 Å². The van der Waals surface area contributed by atoms with Gasteiger partial charge < -0.3 is 5.32 Å². The van der Waals surface area contributed by atoms with Crippen molar-refractivity contribution in [2.24, 2.45) is 0 Å². The fourth-order valence-corrected chi connectivity index (χ4v) is 1.73. The predicted octanol–water partition coefficient (Wildman–Crippen LogP) is 4.08. The number of aryl methyl sites for hydroxylation is 1. The lowest BCUT2D eigenvalue weighted by molar-refractivity contribution is -0.135. The molecule has 0 aliphatic rings. The molecule has 0 aliphatic carbocycles. The Hall–Kier alpha value is -0.740. The molecule has 0 saturated heterocycles. The quantitative estimate of drug-likeness (QED) is 0.791. The first-order valence-electron chi connectivity index (χ1n) is 5.41. The summed E-state index contributed by atoms with van der Waals surface area (Å²) in [4.78, 5) is 0. The topological polar surface area (TPSA) is 12.0 Å². The second-order valence-corrected chi connectivity index (χ2v) is 4.40. The lowest BCUT2D eigenvalue weighted by Gasteiger charge is -2.08. The van der Waals surface area contributed by atoms with Crippen LogP contribution in [0.3, 0.4) is 0 Å². The number of alkyl halides is 3. The summed E-state index contributed by atoms with van der Waals surface area (Å²) in [7, 11) is 0. The number of rotatable bonds is 5. The SMILES string of the molecule is Cc1ccc(CNCCCC(F)(F)F)c(Cl)c1. The average Bonchev–Trinajstić information content (AvgIpc) is 2.18. The van der Waals surface area contributed by atoms with E-state index in [9.17, 15) is 13.2 Å². The number of hydrogen-bond donors (Lipinski definition) is 1. The van der Waals surface area contributed by atoms with Gasteiger partial charge in [0.05, 0.1) is 0 Å². The van der Waals surface area contributed by atoms with Gasteiger partial charge in [0.25, 0.3) is 0 Å². The minimum absolute atomic E-state index is 0.0903. The van der Waals surface area contributed by atoms with Crippen molar-refractivity contribution in [2.45, 2.75) is 32.5 Å². The normalized spacial score (nSPS) is 11.8. The van der Waals surface area contributed by atoms with Crippen LogP contribution in [-0.4, -0.2) is 12.7 Å². The van der Waals surface area contributed by atoms with E-state index in [1.54, 1.807) is 0 Å². The summed E-state index contributed by atoms with van der Waals surface area (Å²) < 4.78 is 35.6. The summed E-state index contributed by atoms with van der Waals surface area (Å²) in [6, 6.07) is 5.65. The largest absolute Gasteiger partial charge is 0.389 e. The summed E-state index contributed by atoms with van der Waals surface area (Å²) >= 11 is 5.99. The van der Waals surface area contributed by atoms with Crippen LogP contribution in [0.5, 0.6) is 0 Å². The van der Waals surface area contributed by atoms with Gasteiger partial charge in [-0.25, -0.2) is 0 Å². The van der Waals surface area contributed by atoms with Crippen molar-refractivity contribution in [1.29, 1.82) is 0 Å². The number of nitrogens with one attached hydrogen (secondary N) is 1. The van der Waals surface area contributed by atoms with Gasteiger partial charge in [0.2, 0.25) is 0 Å². The molecule has 0 saturated carbocycles. The molecule has 0 amide bonds. The van der Waals surface area contributed by atoms with Gasteiger partial charge in [-0.15, -0.1) is 0 Å². The highest BCUT2D eigenvalue weighted by Gasteiger charge is 2.25. The van der Waals surface area contributed by atoms with E-state index in [1.807, 2.05) is 25.1 Å². The Labute approximate surface area is 104 Å². The molecule has 0 bridgehead atoms. The molecule has 5 heteroatoms. The minimum Gasteiger partial charge on any atom is -0.313 e. The van der Waals surface area contributed by atoms with Gasteiger partial charge >= 0.3 is 6.18 Å². The zero-order valence-corrected chi connectivity index (χ0v) is 10.3. The van der Waals surface area contributed by atoms with Gasteiger partial charge in [0.15, 0.2) is 0 Å². The highest BCUT2D eigenvalue weighted by atomic mass is 35.5. The van der Waals surface area contributed by atoms with E-state index in [-0.39, 0.29) is 6.42 Å². The number of halogens is 4. The number of hydrogen-bond acceptors (Lipinski definition) is 1. The van der Waals surface area contributed by atoms with Gasteiger partial charge in [-0.3, -0.25) is 0 Å². The number of benzene rings is 1. The highest BCUT2D eigenvalue weighted by Crippen LogP contribution is 2.21. The summed E-state index contributed by atoms with van der Waals surface area (Å²) in [5, 5.41) is 3.60. The molecule has 0 heterocycles. The standard InChI is InChI=1S/C12H15ClF3N/c1-9-3-4-10(11(13)7-9)8-17-6-2-5-12(14,15)16/h3-4,7,17H,2,5-6,8H2,1H3. The highest BCUT2D eigenvalue weighted by molar-refractivity contribution is 6.31. The summed E-state index contributed by atoms with van der Waals surface area (Å²) in [5.74, 6) is 0. The van der Waals surface area contributed by atoms with Gasteiger partial charge in [-0.05, 0) is 37.1 Å². The summed E-state index contributed by atoms with van der Waals surface area (Å²) in [5.41, 5.74) is 1.97. The molecule has 0 aliphatic heterocycles. The first-order valence-corrected chi connectivity index (χ1v) is 5.79. The van der Waals surface area contributed by atoms with Gasteiger partial charge in [-0.1, -0.05) is 23.7 Å². The predicted molar refractivity (Wildman–Crippen MR) is 63.2 cm³/mol. The van der Waals surface area contributed by atoms with E-state index in [0.717, 1.165) is 11.1 Å². The molecule has 1 N–H and O–H groups in total. The molecule has 0 unspecified atom stereocenters. The van der Waals surface area contributed by atoms with Crippen molar-refractivity contribution >= 4 is 11.6 Å².